The van der Waals surface area contributed by atoms with Crippen LogP contribution < -0.4 is 5.32 Å². The maximum Gasteiger partial charge on any atom is 0.128 e. The molecule has 1 fully saturated rings. The van der Waals surface area contributed by atoms with Gasteiger partial charge in [0.1, 0.15) is 5.82 Å². The Morgan fingerprint density at radius 3 is 2.89 bits per heavy atom. The highest BCUT2D eigenvalue weighted by molar-refractivity contribution is 5.21. The number of nitrogens with one attached hydrogen (secondary N) is 1. The summed E-state index contributed by atoms with van der Waals surface area (Å²) in [4.78, 5) is 2.45. The Bertz CT molecular complexity index is 381. The molecule has 18 heavy (non-hydrogen) atoms. The van der Waals surface area contributed by atoms with Crippen LogP contribution in [-0.4, -0.2) is 31.6 Å². The number of likely N-dealkylation sites (N-methyl/N-ethyl adjacent to an activating group) is 1. The first kappa shape index (κ1) is 13.5. The van der Waals surface area contributed by atoms with E-state index in [4.69, 9.17) is 0 Å². The van der Waals surface area contributed by atoms with Crippen molar-refractivity contribution in [2.75, 3.05) is 26.7 Å². The van der Waals surface area contributed by atoms with Gasteiger partial charge in [0.25, 0.3) is 0 Å². The van der Waals surface area contributed by atoms with Crippen molar-refractivity contribution in [3.63, 3.8) is 0 Å². The zero-order valence-electron chi connectivity index (χ0n) is 11.3. The van der Waals surface area contributed by atoms with Gasteiger partial charge in [0.05, 0.1) is 0 Å². The lowest BCUT2D eigenvalue weighted by molar-refractivity contribution is 0.168. The molecule has 100 valence electrons. The molecule has 1 aromatic carbocycles. The number of benzene rings is 1. The maximum atomic E-state index is 13.8. The number of nitrogens with zero attached hydrogens (tertiary/aromatic N) is 1. The monoisotopic (exact) mass is 250 g/mol. The molecule has 0 aliphatic carbocycles. The van der Waals surface area contributed by atoms with E-state index in [0.29, 0.717) is 0 Å². The lowest BCUT2D eigenvalue weighted by Gasteiger charge is -2.33. The number of halogens is 1. The van der Waals surface area contributed by atoms with E-state index in [0.717, 1.165) is 31.1 Å². The zero-order chi connectivity index (χ0) is 13.0. The van der Waals surface area contributed by atoms with Gasteiger partial charge in [-0.1, -0.05) is 25.1 Å². The quantitative estimate of drug-likeness (QED) is 0.884. The fourth-order valence-corrected chi connectivity index (χ4v) is 2.81. The largest absolute Gasteiger partial charge is 0.312 e. The van der Waals surface area contributed by atoms with E-state index in [1.807, 2.05) is 19.2 Å². The summed E-state index contributed by atoms with van der Waals surface area (Å²) in [6.07, 6.45) is 2.58. The summed E-state index contributed by atoms with van der Waals surface area (Å²) in [7, 11) is 1.91. The summed E-state index contributed by atoms with van der Waals surface area (Å²) in [5.41, 5.74) is 0.776. The Labute approximate surface area is 109 Å². The molecule has 1 aliphatic heterocycles. The van der Waals surface area contributed by atoms with Gasteiger partial charge in [0.15, 0.2) is 0 Å². The smallest absolute Gasteiger partial charge is 0.128 e. The van der Waals surface area contributed by atoms with Crippen LogP contribution in [0, 0.1) is 11.7 Å². The van der Waals surface area contributed by atoms with Crippen LogP contribution in [0.4, 0.5) is 4.39 Å². The molecule has 1 N–H and O–H groups in total. The van der Waals surface area contributed by atoms with E-state index in [1.165, 1.54) is 12.8 Å². The van der Waals surface area contributed by atoms with Gasteiger partial charge in [-0.15, -0.1) is 0 Å². The molecular formula is C15H23FN2. The molecule has 0 amide bonds. The van der Waals surface area contributed by atoms with E-state index < -0.39 is 0 Å². The molecular weight excluding hydrogens is 227 g/mol. The first-order valence-electron chi connectivity index (χ1n) is 6.84. The van der Waals surface area contributed by atoms with Crippen LogP contribution >= 0.6 is 0 Å². The van der Waals surface area contributed by atoms with Gasteiger partial charge in [-0.05, 0) is 38.4 Å². The molecule has 2 unspecified atom stereocenters. The topological polar surface area (TPSA) is 15.3 Å². The normalized spacial score (nSPS) is 22.9. The van der Waals surface area contributed by atoms with Crippen molar-refractivity contribution in [1.29, 1.82) is 0 Å². The minimum Gasteiger partial charge on any atom is -0.312 e. The van der Waals surface area contributed by atoms with Crippen molar-refractivity contribution >= 4 is 0 Å². The first-order chi connectivity index (χ1) is 8.70. The highest BCUT2D eigenvalue weighted by Gasteiger charge is 2.21. The fourth-order valence-electron chi connectivity index (χ4n) is 2.81. The third kappa shape index (κ3) is 3.30. The number of hydrogen-bond donors (Lipinski definition) is 1. The van der Waals surface area contributed by atoms with E-state index >= 15 is 0 Å². The summed E-state index contributed by atoms with van der Waals surface area (Å²) in [5, 5.41) is 3.24. The summed E-state index contributed by atoms with van der Waals surface area (Å²) in [5.74, 6) is 0.652. The number of hydrogen-bond acceptors (Lipinski definition) is 2. The molecule has 1 aliphatic rings. The van der Waals surface area contributed by atoms with Gasteiger partial charge in [-0.3, -0.25) is 0 Å². The second-order valence-corrected chi connectivity index (χ2v) is 5.37. The minimum absolute atomic E-state index is 0.0801. The molecule has 2 rings (SSSR count). The van der Waals surface area contributed by atoms with Gasteiger partial charge in [0, 0.05) is 24.7 Å². The molecule has 0 aromatic heterocycles. The highest BCUT2D eigenvalue weighted by Crippen LogP contribution is 2.21. The van der Waals surface area contributed by atoms with Crippen LogP contribution in [-0.2, 0) is 0 Å². The van der Waals surface area contributed by atoms with Crippen molar-refractivity contribution in [2.45, 2.75) is 25.8 Å². The van der Waals surface area contributed by atoms with Crippen LogP contribution in [0.15, 0.2) is 24.3 Å². The standard InChI is InChI=1S/C15H23FN2/c1-12-6-5-9-18(10-12)11-15(17-2)13-7-3-4-8-14(13)16/h3-4,7-8,12,15,17H,5-6,9-11H2,1-2H3. The Morgan fingerprint density at radius 2 is 2.22 bits per heavy atom. The van der Waals surface area contributed by atoms with Gasteiger partial charge < -0.3 is 10.2 Å². The molecule has 3 heteroatoms. The first-order valence-corrected chi connectivity index (χ1v) is 6.84. The van der Waals surface area contributed by atoms with Crippen molar-refractivity contribution in [3.8, 4) is 0 Å². The Kier molecular flexibility index (Phi) is 4.72. The number of likely N-dealkylation sites (tertiary alicyclic amines) is 1. The van der Waals surface area contributed by atoms with Crippen LogP contribution in [0.2, 0.25) is 0 Å². The molecule has 1 heterocycles. The molecule has 0 radical (unpaired) electrons. The lowest BCUT2D eigenvalue weighted by atomic mass is 9.98. The third-order valence-corrected chi connectivity index (χ3v) is 3.81. The molecule has 1 aromatic rings. The minimum atomic E-state index is -0.109. The summed E-state index contributed by atoms with van der Waals surface area (Å²) in [6, 6.07) is 7.15. The van der Waals surface area contributed by atoms with Gasteiger partial charge in [-0.25, -0.2) is 4.39 Å². The average Bonchev–Trinajstić information content (AvgIpc) is 2.37. The maximum absolute atomic E-state index is 13.8. The summed E-state index contributed by atoms with van der Waals surface area (Å²) >= 11 is 0. The molecule has 2 nitrogen and oxygen atoms in total. The van der Waals surface area contributed by atoms with Crippen LogP contribution in [0.5, 0.6) is 0 Å². The molecule has 2 atom stereocenters. The van der Waals surface area contributed by atoms with Gasteiger partial charge in [-0.2, -0.15) is 0 Å². The molecule has 0 spiro atoms. The zero-order valence-corrected chi connectivity index (χ0v) is 11.3. The molecule has 1 saturated heterocycles. The van der Waals surface area contributed by atoms with E-state index in [9.17, 15) is 4.39 Å². The summed E-state index contributed by atoms with van der Waals surface area (Å²) < 4.78 is 13.8. The second-order valence-electron chi connectivity index (χ2n) is 5.37. The van der Waals surface area contributed by atoms with Gasteiger partial charge >= 0.3 is 0 Å². The third-order valence-electron chi connectivity index (χ3n) is 3.81. The van der Waals surface area contributed by atoms with Crippen molar-refractivity contribution < 1.29 is 4.39 Å². The van der Waals surface area contributed by atoms with Crippen molar-refractivity contribution in [1.82, 2.24) is 10.2 Å². The van der Waals surface area contributed by atoms with E-state index in [2.05, 4.69) is 17.1 Å². The van der Waals surface area contributed by atoms with Crippen LogP contribution in [0.3, 0.4) is 0 Å². The number of rotatable bonds is 4. The average molecular weight is 250 g/mol. The van der Waals surface area contributed by atoms with Crippen LogP contribution in [0.25, 0.3) is 0 Å². The highest BCUT2D eigenvalue weighted by atomic mass is 19.1. The molecule has 0 saturated carbocycles. The van der Waals surface area contributed by atoms with Gasteiger partial charge in [0.2, 0.25) is 0 Å². The van der Waals surface area contributed by atoms with E-state index in [1.54, 1.807) is 12.1 Å². The van der Waals surface area contributed by atoms with Crippen molar-refractivity contribution in [3.05, 3.63) is 35.6 Å². The predicted molar refractivity (Wildman–Crippen MR) is 73.0 cm³/mol. The van der Waals surface area contributed by atoms with Crippen molar-refractivity contribution in [2.24, 2.45) is 5.92 Å². The van der Waals surface area contributed by atoms with Crippen LogP contribution in [0.1, 0.15) is 31.4 Å². The predicted octanol–water partition coefficient (Wildman–Crippen LogP) is 2.82. The Balaban J connectivity index is 2.03. The fraction of sp³-hybridized carbons (Fsp3) is 0.600. The lowest BCUT2D eigenvalue weighted by Crippen LogP contribution is -2.40. The second kappa shape index (κ2) is 6.30. The summed E-state index contributed by atoms with van der Waals surface area (Å²) in [6.45, 7) is 5.45. The number of piperidine rings is 1. The Morgan fingerprint density at radius 1 is 1.44 bits per heavy atom. The van der Waals surface area contributed by atoms with E-state index in [-0.39, 0.29) is 11.9 Å². The molecule has 0 bridgehead atoms. The SMILES string of the molecule is CNC(CN1CCCC(C)C1)c1ccccc1F. The Hall–Kier alpha value is -0.930.